The molecule has 5 heteroatoms. The predicted octanol–water partition coefficient (Wildman–Crippen LogP) is 5.65. The van der Waals surface area contributed by atoms with Crippen molar-refractivity contribution in [2.45, 2.75) is 19.8 Å². The van der Waals surface area contributed by atoms with Gasteiger partial charge in [-0.2, -0.15) is 0 Å². The molecule has 2 aromatic rings. The van der Waals surface area contributed by atoms with Crippen molar-refractivity contribution >= 4 is 44.7 Å². The molecule has 2 nitrogen and oxygen atoms in total. The Balaban J connectivity index is 2.47. The number of thiocarbonyl (C=S) groups is 1. The van der Waals surface area contributed by atoms with E-state index in [9.17, 15) is 0 Å². The topological polar surface area (TPSA) is 35.2 Å². The van der Waals surface area contributed by atoms with E-state index >= 15 is 0 Å². The Hall–Kier alpha value is -1.10. The molecule has 0 aromatic heterocycles. The average Bonchev–Trinajstić information content (AvgIpc) is 2.40. The summed E-state index contributed by atoms with van der Waals surface area (Å²) in [6.45, 7) is 4.22. The van der Waals surface area contributed by atoms with Crippen LogP contribution in [0.5, 0.6) is 11.5 Å². The lowest BCUT2D eigenvalue weighted by Gasteiger charge is -2.16. The molecule has 21 heavy (non-hydrogen) atoms. The lowest BCUT2D eigenvalue weighted by atomic mass is 10.0. The third-order valence-electron chi connectivity index (χ3n) is 3.02. The molecular formula is C16H15BrClNOS. The van der Waals surface area contributed by atoms with Gasteiger partial charge < -0.3 is 10.5 Å². The average molecular weight is 385 g/mol. The Morgan fingerprint density at radius 3 is 2.52 bits per heavy atom. The molecule has 2 N–H and O–H groups in total. The maximum atomic E-state index is 6.04. The highest BCUT2D eigenvalue weighted by Crippen LogP contribution is 2.35. The Bertz CT molecular complexity index is 688. The van der Waals surface area contributed by atoms with Crippen LogP contribution in [0, 0.1) is 0 Å². The zero-order valence-electron chi connectivity index (χ0n) is 11.7. The maximum absolute atomic E-state index is 6.04. The van der Waals surface area contributed by atoms with Crippen molar-refractivity contribution in [3.05, 3.63) is 57.0 Å². The molecule has 0 aliphatic heterocycles. The van der Waals surface area contributed by atoms with E-state index in [4.69, 9.17) is 34.3 Å². The zero-order chi connectivity index (χ0) is 15.6. The smallest absolute Gasteiger partial charge is 0.139 e. The fraction of sp³-hybridized carbons (Fsp3) is 0.188. The minimum absolute atomic E-state index is 0.282. The van der Waals surface area contributed by atoms with Gasteiger partial charge in [0.15, 0.2) is 0 Å². The van der Waals surface area contributed by atoms with Crippen LogP contribution < -0.4 is 10.5 Å². The highest BCUT2D eigenvalue weighted by atomic mass is 79.9. The summed E-state index contributed by atoms with van der Waals surface area (Å²) >= 11 is 14.6. The van der Waals surface area contributed by atoms with Crippen molar-refractivity contribution in [2.24, 2.45) is 5.73 Å². The quantitative estimate of drug-likeness (QED) is 0.691. The SMILES string of the molecule is CC(C)c1cc(Br)ccc1Oc1cc(Cl)ccc1C(N)=S. The van der Waals surface area contributed by atoms with Crippen LogP contribution in [0.1, 0.15) is 30.9 Å². The lowest BCUT2D eigenvalue weighted by molar-refractivity contribution is 0.472. The highest BCUT2D eigenvalue weighted by molar-refractivity contribution is 9.10. The number of hydrogen-bond acceptors (Lipinski definition) is 2. The third kappa shape index (κ3) is 3.96. The Morgan fingerprint density at radius 1 is 1.19 bits per heavy atom. The molecule has 0 heterocycles. The molecule has 0 amide bonds. The van der Waals surface area contributed by atoms with Crippen molar-refractivity contribution in [1.82, 2.24) is 0 Å². The van der Waals surface area contributed by atoms with Crippen molar-refractivity contribution in [3.63, 3.8) is 0 Å². The number of nitrogens with two attached hydrogens (primary N) is 1. The van der Waals surface area contributed by atoms with Gasteiger partial charge >= 0.3 is 0 Å². The van der Waals surface area contributed by atoms with Crippen LogP contribution in [0.2, 0.25) is 5.02 Å². The molecule has 0 bridgehead atoms. The Kier molecular flexibility index (Phi) is 5.25. The molecule has 0 unspecified atom stereocenters. The van der Waals surface area contributed by atoms with Crippen molar-refractivity contribution in [1.29, 1.82) is 0 Å². The van der Waals surface area contributed by atoms with Crippen LogP contribution >= 0.6 is 39.7 Å². The second-order valence-corrected chi connectivity index (χ2v) is 6.74. The van der Waals surface area contributed by atoms with E-state index in [1.165, 1.54) is 0 Å². The molecule has 2 aromatic carbocycles. The highest BCUT2D eigenvalue weighted by Gasteiger charge is 2.13. The van der Waals surface area contributed by atoms with Crippen molar-refractivity contribution in [3.8, 4) is 11.5 Å². The maximum Gasteiger partial charge on any atom is 0.139 e. The van der Waals surface area contributed by atoms with Gasteiger partial charge in [0, 0.05) is 15.6 Å². The van der Waals surface area contributed by atoms with Crippen LogP contribution in [0.3, 0.4) is 0 Å². The normalized spacial score (nSPS) is 10.7. The minimum Gasteiger partial charge on any atom is -0.456 e. The van der Waals surface area contributed by atoms with Gasteiger partial charge in [-0.3, -0.25) is 0 Å². The van der Waals surface area contributed by atoms with Crippen LogP contribution in [-0.4, -0.2) is 4.99 Å². The lowest BCUT2D eigenvalue weighted by Crippen LogP contribution is -2.11. The standard InChI is InChI=1S/C16H15BrClNOS/c1-9(2)13-7-10(17)3-6-14(13)20-15-8-11(18)4-5-12(15)16(19)21/h3-9H,1-2H3,(H2,19,21). The van der Waals surface area contributed by atoms with E-state index in [1.54, 1.807) is 18.2 Å². The summed E-state index contributed by atoms with van der Waals surface area (Å²) in [5.74, 6) is 1.66. The molecular weight excluding hydrogens is 370 g/mol. The minimum atomic E-state index is 0.282. The van der Waals surface area contributed by atoms with E-state index in [1.807, 2.05) is 18.2 Å². The van der Waals surface area contributed by atoms with Crippen molar-refractivity contribution in [2.75, 3.05) is 0 Å². The van der Waals surface area contributed by atoms with Gasteiger partial charge in [-0.15, -0.1) is 0 Å². The van der Waals surface area contributed by atoms with Crippen LogP contribution in [0.4, 0.5) is 0 Å². The Labute approximate surface area is 143 Å². The molecule has 110 valence electrons. The second kappa shape index (κ2) is 6.77. The van der Waals surface area contributed by atoms with Gasteiger partial charge in [0.2, 0.25) is 0 Å². The summed E-state index contributed by atoms with van der Waals surface area (Å²) in [6.07, 6.45) is 0. The zero-order valence-corrected chi connectivity index (χ0v) is 14.8. The summed E-state index contributed by atoms with van der Waals surface area (Å²) in [7, 11) is 0. The summed E-state index contributed by atoms with van der Waals surface area (Å²) in [5.41, 5.74) is 7.51. The Morgan fingerprint density at radius 2 is 1.90 bits per heavy atom. The van der Waals surface area contributed by atoms with Gasteiger partial charge in [0.05, 0.1) is 5.56 Å². The van der Waals surface area contributed by atoms with E-state index in [-0.39, 0.29) is 4.99 Å². The largest absolute Gasteiger partial charge is 0.456 e. The molecule has 0 saturated heterocycles. The first-order chi connectivity index (χ1) is 9.88. The first kappa shape index (κ1) is 16.3. The summed E-state index contributed by atoms with van der Waals surface area (Å²) in [4.78, 5) is 0.282. The summed E-state index contributed by atoms with van der Waals surface area (Å²) < 4.78 is 7.04. The predicted molar refractivity (Wildman–Crippen MR) is 95.6 cm³/mol. The number of hydrogen-bond donors (Lipinski definition) is 1. The number of benzene rings is 2. The van der Waals surface area contributed by atoms with E-state index in [2.05, 4.69) is 29.8 Å². The first-order valence-electron chi connectivity index (χ1n) is 6.45. The van der Waals surface area contributed by atoms with Gasteiger partial charge in [0.1, 0.15) is 16.5 Å². The van der Waals surface area contributed by atoms with E-state index in [0.29, 0.717) is 22.3 Å². The summed E-state index contributed by atoms with van der Waals surface area (Å²) in [5, 5.41) is 0.577. The van der Waals surface area contributed by atoms with Crippen LogP contribution in [0.15, 0.2) is 40.9 Å². The molecule has 0 spiro atoms. The third-order valence-corrected chi connectivity index (χ3v) is 3.97. The molecule has 0 saturated carbocycles. The number of halogens is 2. The van der Waals surface area contributed by atoms with Gasteiger partial charge in [0.25, 0.3) is 0 Å². The van der Waals surface area contributed by atoms with Gasteiger partial charge in [-0.05, 0) is 41.8 Å². The molecule has 0 aliphatic carbocycles. The van der Waals surface area contributed by atoms with Crippen LogP contribution in [0.25, 0.3) is 0 Å². The van der Waals surface area contributed by atoms with Gasteiger partial charge in [-0.1, -0.05) is 53.6 Å². The molecule has 0 atom stereocenters. The number of ether oxygens (including phenoxy) is 1. The number of rotatable bonds is 4. The van der Waals surface area contributed by atoms with Crippen molar-refractivity contribution < 1.29 is 4.74 Å². The monoisotopic (exact) mass is 383 g/mol. The molecule has 0 fully saturated rings. The summed E-state index contributed by atoms with van der Waals surface area (Å²) in [6, 6.07) is 11.1. The van der Waals surface area contributed by atoms with Crippen LogP contribution in [-0.2, 0) is 0 Å². The van der Waals surface area contributed by atoms with E-state index < -0.39 is 0 Å². The first-order valence-corrected chi connectivity index (χ1v) is 8.03. The molecule has 0 aliphatic rings. The molecule has 2 rings (SSSR count). The fourth-order valence-electron chi connectivity index (χ4n) is 1.97. The fourth-order valence-corrected chi connectivity index (χ4v) is 2.68. The van der Waals surface area contributed by atoms with E-state index in [0.717, 1.165) is 15.8 Å². The molecule has 0 radical (unpaired) electrons. The second-order valence-electron chi connectivity index (χ2n) is 4.94. The van der Waals surface area contributed by atoms with Gasteiger partial charge in [-0.25, -0.2) is 0 Å².